The average Bonchev–Trinajstić information content (AvgIpc) is 2.17. The van der Waals surface area contributed by atoms with Crippen LogP contribution in [0.25, 0.3) is 0 Å². The lowest BCUT2D eigenvalue weighted by atomic mass is 10.1. The summed E-state index contributed by atoms with van der Waals surface area (Å²) in [5, 5.41) is 0. The molecule has 0 amide bonds. The van der Waals surface area contributed by atoms with Crippen molar-refractivity contribution in [2.45, 2.75) is 18.5 Å². The summed E-state index contributed by atoms with van der Waals surface area (Å²) in [7, 11) is 0. The molecule has 16 heavy (non-hydrogen) atoms. The van der Waals surface area contributed by atoms with Gasteiger partial charge in [-0.15, -0.1) is 0 Å². The van der Waals surface area contributed by atoms with E-state index in [1.165, 1.54) is 24.4 Å². The molecule has 0 fully saturated rings. The number of alkyl halides is 5. The Bertz CT molecular complexity index is 373. The van der Waals surface area contributed by atoms with Gasteiger partial charge in [0.25, 0.3) is 0 Å². The van der Waals surface area contributed by atoms with Gasteiger partial charge in [-0.2, -0.15) is 22.0 Å². The maximum Gasteiger partial charge on any atom is 0.461 e. The first-order valence-electron chi connectivity index (χ1n) is 4.13. The van der Waals surface area contributed by atoms with Gasteiger partial charge < -0.3 is 0 Å². The third-order valence-corrected chi connectivity index (χ3v) is 1.77. The molecule has 0 aliphatic heterocycles. The number of carbonyl (C=O) groups is 1. The molecule has 0 unspecified atom stereocenters. The number of ketones is 1. The van der Waals surface area contributed by atoms with Crippen LogP contribution in [-0.4, -0.2) is 22.9 Å². The van der Waals surface area contributed by atoms with Crippen molar-refractivity contribution in [3.05, 3.63) is 30.1 Å². The van der Waals surface area contributed by atoms with E-state index in [0.29, 0.717) is 0 Å². The van der Waals surface area contributed by atoms with Gasteiger partial charge in [-0.3, -0.25) is 9.78 Å². The predicted octanol–water partition coefficient (Wildman–Crippen LogP) is 2.39. The molecule has 0 spiro atoms. The van der Waals surface area contributed by atoms with Crippen LogP contribution in [-0.2, 0) is 11.2 Å². The van der Waals surface area contributed by atoms with Crippen molar-refractivity contribution in [3.8, 4) is 0 Å². The zero-order chi connectivity index (χ0) is 12.4. The second kappa shape index (κ2) is 4.15. The molecular formula is C9H6F5NO. The van der Waals surface area contributed by atoms with Crippen LogP contribution in [0, 0.1) is 0 Å². The van der Waals surface area contributed by atoms with Gasteiger partial charge in [0.1, 0.15) is 0 Å². The summed E-state index contributed by atoms with van der Waals surface area (Å²) in [5.41, 5.74) is -0.128. The Morgan fingerprint density at radius 2 is 1.81 bits per heavy atom. The molecule has 88 valence electrons. The first-order chi connectivity index (χ1) is 7.25. The van der Waals surface area contributed by atoms with E-state index in [0.717, 1.165) is 0 Å². The summed E-state index contributed by atoms with van der Waals surface area (Å²) in [4.78, 5) is 14.3. The molecule has 1 aromatic rings. The molecule has 0 atom stereocenters. The van der Waals surface area contributed by atoms with E-state index >= 15 is 0 Å². The summed E-state index contributed by atoms with van der Waals surface area (Å²) in [5.74, 6) is -7.54. The second-order valence-electron chi connectivity index (χ2n) is 2.99. The minimum Gasteiger partial charge on any atom is -0.292 e. The van der Waals surface area contributed by atoms with Crippen LogP contribution in [0.1, 0.15) is 5.69 Å². The topological polar surface area (TPSA) is 30.0 Å². The number of rotatable bonds is 3. The van der Waals surface area contributed by atoms with Gasteiger partial charge in [-0.1, -0.05) is 6.07 Å². The van der Waals surface area contributed by atoms with Crippen molar-refractivity contribution in [1.82, 2.24) is 4.98 Å². The van der Waals surface area contributed by atoms with Crippen molar-refractivity contribution in [2.75, 3.05) is 0 Å². The molecule has 0 aromatic carbocycles. The van der Waals surface area contributed by atoms with Crippen molar-refractivity contribution in [1.29, 1.82) is 0 Å². The zero-order valence-electron chi connectivity index (χ0n) is 7.76. The third-order valence-electron chi connectivity index (χ3n) is 1.77. The molecule has 2 nitrogen and oxygen atoms in total. The van der Waals surface area contributed by atoms with Gasteiger partial charge in [0, 0.05) is 11.9 Å². The highest BCUT2D eigenvalue weighted by Crippen LogP contribution is 2.36. The van der Waals surface area contributed by atoms with Crippen LogP contribution in [0.5, 0.6) is 0 Å². The average molecular weight is 239 g/mol. The Morgan fingerprint density at radius 3 is 2.25 bits per heavy atom. The number of hydrogen-bond acceptors (Lipinski definition) is 2. The standard InChI is InChI=1S/C9H6F5NO/c10-8(11,9(12,13)14)7(16)5-6-3-1-2-4-15-6/h1-4H,5H2. The van der Waals surface area contributed by atoms with E-state index in [4.69, 9.17) is 0 Å². The number of hydrogen-bond donors (Lipinski definition) is 0. The molecule has 0 aliphatic rings. The first kappa shape index (κ1) is 12.5. The quantitative estimate of drug-likeness (QED) is 0.758. The fourth-order valence-corrected chi connectivity index (χ4v) is 0.936. The third kappa shape index (κ3) is 2.53. The van der Waals surface area contributed by atoms with E-state index in [-0.39, 0.29) is 5.69 Å². The normalized spacial score (nSPS) is 12.6. The Morgan fingerprint density at radius 1 is 1.19 bits per heavy atom. The minimum atomic E-state index is -5.86. The highest BCUT2D eigenvalue weighted by atomic mass is 19.4. The molecule has 1 heterocycles. The highest BCUT2D eigenvalue weighted by Gasteiger charge is 2.62. The first-order valence-corrected chi connectivity index (χ1v) is 4.13. The Balaban J connectivity index is 2.81. The number of nitrogens with zero attached hydrogens (tertiary/aromatic N) is 1. The number of aromatic nitrogens is 1. The summed E-state index contributed by atoms with van der Waals surface area (Å²) in [6, 6.07) is 4.04. The van der Waals surface area contributed by atoms with Gasteiger partial charge in [-0.25, -0.2) is 0 Å². The Labute approximate surface area is 87.1 Å². The van der Waals surface area contributed by atoms with Crippen molar-refractivity contribution in [3.63, 3.8) is 0 Å². The molecular weight excluding hydrogens is 233 g/mol. The molecule has 1 aromatic heterocycles. The summed E-state index contributed by atoms with van der Waals surface area (Å²) in [6.07, 6.45) is -5.71. The Hall–Kier alpha value is -1.53. The lowest BCUT2D eigenvalue weighted by Crippen LogP contribution is -2.44. The monoisotopic (exact) mass is 239 g/mol. The predicted molar refractivity (Wildman–Crippen MR) is 44.0 cm³/mol. The fourth-order valence-electron chi connectivity index (χ4n) is 0.936. The van der Waals surface area contributed by atoms with Crippen LogP contribution in [0.3, 0.4) is 0 Å². The van der Waals surface area contributed by atoms with Crippen molar-refractivity contribution >= 4 is 5.78 Å². The van der Waals surface area contributed by atoms with Crippen LogP contribution in [0.15, 0.2) is 24.4 Å². The zero-order valence-corrected chi connectivity index (χ0v) is 7.76. The molecule has 1 rings (SSSR count). The summed E-state index contributed by atoms with van der Waals surface area (Å²) in [6.45, 7) is 0. The maximum atomic E-state index is 12.5. The molecule has 0 radical (unpaired) electrons. The summed E-state index contributed by atoms with van der Waals surface area (Å²) < 4.78 is 60.4. The lowest BCUT2D eigenvalue weighted by molar-refractivity contribution is -0.268. The van der Waals surface area contributed by atoms with Gasteiger partial charge in [0.2, 0.25) is 5.78 Å². The van der Waals surface area contributed by atoms with Crippen LogP contribution >= 0.6 is 0 Å². The summed E-state index contributed by atoms with van der Waals surface area (Å²) >= 11 is 0. The smallest absolute Gasteiger partial charge is 0.292 e. The van der Waals surface area contributed by atoms with Gasteiger partial charge >= 0.3 is 12.1 Å². The largest absolute Gasteiger partial charge is 0.461 e. The molecule has 0 saturated heterocycles. The van der Waals surface area contributed by atoms with E-state index in [1.54, 1.807) is 0 Å². The van der Waals surface area contributed by atoms with Crippen molar-refractivity contribution in [2.24, 2.45) is 0 Å². The maximum absolute atomic E-state index is 12.5. The van der Waals surface area contributed by atoms with Crippen LogP contribution < -0.4 is 0 Å². The van der Waals surface area contributed by atoms with Crippen LogP contribution in [0.2, 0.25) is 0 Å². The molecule has 0 saturated carbocycles. The van der Waals surface area contributed by atoms with Gasteiger partial charge in [-0.05, 0) is 12.1 Å². The van der Waals surface area contributed by atoms with Crippen LogP contribution in [0.4, 0.5) is 22.0 Å². The van der Waals surface area contributed by atoms with E-state index in [9.17, 15) is 26.7 Å². The van der Waals surface area contributed by atoms with E-state index < -0.39 is 24.3 Å². The van der Waals surface area contributed by atoms with Gasteiger partial charge in [0.15, 0.2) is 0 Å². The molecule has 7 heteroatoms. The molecule has 0 aliphatic carbocycles. The number of halogens is 5. The molecule has 0 N–H and O–H groups in total. The van der Waals surface area contributed by atoms with Crippen molar-refractivity contribution < 1.29 is 26.7 Å². The SMILES string of the molecule is O=C(Cc1ccccn1)C(F)(F)C(F)(F)F. The van der Waals surface area contributed by atoms with Gasteiger partial charge in [0.05, 0.1) is 6.42 Å². The lowest BCUT2D eigenvalue weighted by Gasteiger charge is -2.17. The number of pyridine rings is 1. The minimum absolute atomic E-state index is 0.128. The second-order valence-corrected chi connectivity index (χ2v) is 2.99. The molecule has 0 bridgehead atoms. The number of carbonyl (C=O) groups excluding carboxylic acids is 1. The van der Waals surface area contributed by atoms with E-state index in [1.807, 2.05) is 0 Å². The Kier molecular flexibility index (Phi) is 3.25. The highest BCUT2D eigenvalue weighted by molar-refractivity contribution is 5.88. The van der Waals surface area contributed by atoms with E-state index in [2.05, 4.69) is 4.98 Å². The fraction of sp³-hybridized carbons (Fsp3) is 0.333. The number of Topliss-reactive ketones (excluding diaryl/α,β-unsaturated/α-hetero) is 1.